The number of piperidine rings is 1. The third kappa shape index (κ3) is 4.80. The molecule has 3 heterocycles. The zero-order valence-electron chi connectivity index (χ0n) is 19.7. The molecule has 182 valence electrons. The summed E-state index contributed by atoms with van der Waals surface area (Å²) in [6.45, 7) is 5.20. The van der Waals surface area contributed by atoms with Gasteiger partial charge in [-0.05, 0) is 88.3 Å². The van der Waals surface area contributed by atoms with Crippen LogP contribution in [0.4, 0.5) is 0 Å². The smallest absolute Gasteiger partial charge is 0.260 e. The maximum Gasteiger partial charge on any atom is 0.260 e. The number of benzene rings is 1. The van der Waals surface area contributed by atoms with Crippen LogP contribution in [0.3, 0.4) is 0 Å². The van der Waals surface area contributed by atoms with Crippen molar-refractivity contribution in [1.29, 1.82) is 0 Å². The van der Waals surface area contributed by atoms with Gasteiger partial charge in [-0.25, -0.2) is 13.1 Å². The molecule has 1 N–H and O–H groups in total. The van der Waals surface area contributed by atoms with Gasteiger partial charge < -0.3 is 14.4 Å². The monoisotopic (exact) mass is 476 g/mol. The highest BCUT2D eigenvalue weighted by Crippen LogP contribution is 2.41. The van der Waals surface area contributed by atoms with Crippen molar-refractivity contribution in [3.8, 4) is 5.75 Å². The molecule has 2 aliphatic carbocycles. The molecule has 6 rings (SSSR count). The zero-order valence-corrected chi connectivity index (χ0v) is 20.5. The molecule has 5 aliphatic rings. The molecule has 7 nitrogen and oxygen atoms in total. The Morgan fingerprint density at radius 1 is 1.03 bits per heavy atom. The molecule has 1 amide bonds. The topological polar surface area (TPSA) is 84.9 Å². The van der Waals surface area contributed by atoms with E-state index in [2.05, 4.69) is 24.6 Å². The number of rotatable bonds is 3. The average molecular weight is 477 g/mol. The molecule has 2 bridgehead atoms. The van der Waals surface area contributed by atoms with Gasteiger partial charge in [0, 0.05) is 18.2 Å². The molecular formula is C25H36N2O5S. The van der Waals surface area contributed by atoms with Crippen molar-refractivity contribution in [3.63, 3.8) is 0 Å². The summed E-state index contributed by atoms with van der Waals surface area (Å²) >= 11 is 0. The molecule has 1 aromatic carbocycles. The minimum atomic E-state index is -3.35. The first-order valence-corrected chi connectivity index (χ1v) is 14.0. The highest BCUT2D eigenvalue weighted by atomic mass is 32.2. The van der Waals surface area contributed by atoms with Gasteiger partial charge in [0.1, 0.15) is 5.75 Å². The number of carbonyl (C=O) groups is 1. The second-order valence-corrected chi connectivity index (χ2v) is 12.3. The minimum Gasteiger partial charge on any atom is -0.483 e. The fraction of sp³-hybridized carbons (Fsp3) is 0.720. The van der Waals surface area contributed by atoms with Crippen LogP contribution in [0, 0.1) is 13.8 Å². The van der Waals surface area contributed by atoms with Crippen molar-refractivity contribution in [1.82, 2.24) is 9.62 Å². The number of aryl methyl sites for hydroxylation is 1. The van der Waals surface area contributed by atoms with Gasteiger partial charge in [0.2, 0.25) is 10.0 Å². The molecule has 0 aromatic heterocycles. The van der Waals surface area contributed by atoms with E-state index in [4.69, 9.17) is 9.47 Å². The third-order valence-corrected chi connectivity index (χ3v) is 10.0. The molecule has 3 aliphatic heterocycles. The lowest BCUT2D eigenvalue weighted by Crippen LogP contribution is -2.60. The molecule has 1 saturated heterocycles. The van der Waals surface area contributed by atoms with Crippen LogP contribution in [0.15, 0.2) is 12.1 Å². The van der Waals surface area contributed by atoms with Gasteiger partial charge in [-0.15, -0.1) is 0 Å². The van der Waals surface area contributed by atoms with Crippen LogP contribution in [-0.4, -0.2) is 62.4 Å². The van der Waals surface area contributed by atoms with E-state index in [1.54, 1.807) is 4.90 Å². The SMILES string of the molecule is Cc1ccc2c(c1C)C1CCC(CC1)OCC1[C@@H](NS(=O)(=O)C3CC3)CCCN1C(=O)CO2. The lowest BCUT2D eigenvalue weighted by Gasteiger charge is -2.42. The molecule has 33 heavy (non-hydrogen) atoms. The second kappa shape index (κ2) is 9.19. The Labute approximate surface area is 197 Å². The number of fused-ring (bicyclic) bond motifs is 5. The van der Waals surface area contributed by atoms with E-state index in [0.29, 0.717) is 19.1 Å². The summed E-state index contributed by atoms with van der Waals surface area (Å²) in [6, 6.07) is 3.46. The third-order valence-electron chi connectivity index (χ3n) is 8.06. The number of ether oxygens (including phenoxy) is 2. The van der Waals surface area contributed by atoms with Crippen molar-refractivity contribution < 1.29 is 22.7 Å². The number of nitrogens with zero attached hydrogens (tertiary/aromatic N) is 1. The first-order valence-electron chi connectivity index (χ1n) is 12.5. The summed E-state index contributed by atoms with van der Waals surface area (Å²) < 4.78 is 40.8. The Morgan fingerprint density at radius 3 is 2.52 bits per heavy atom. The van der Waals surface area contributed by atoms with Crippen LogP contribution >= 0.6 is 0 Å². The molecule has 3 fully saturated rings. The van der Waals surface area contributed by atoms with E-state index in [9.17, 15) is 13.2 Å². The van der Waals surface area contributed by atoms with Crippen LogP contribution < -0.4 is 9.46 Å². The standard InChI is InChI=1S/C25H36N2O5S/c1-16-5-12-23-25(17(16)2)18-6-8-19(9-7-18)31-14-22-21(26-33(29,30)20-10-11-20)4-3-13-27(22)24(28)15-32-23/h5,12,18-22,26H,3-4,6-11,13-15H2,1-2H3/t18?,19?,21-,22?/m0/s1. The predicted molar refractivity (Wildman–Crippen MR) is 126 cm³/mol. The van der Waals surface area contributed by atoms with Crippen molar-refractivity contribution in [2.75, 3.05) is 19.8 Å². The highest BCUT2D eigenvalue weighted by molar-refractivity contribution is 7.90. The molecular weight excluding hydrogens is 440 g/mol. The van der Waals surface area contributed by atoms with Gasteiger partial charge in [0.25, 0.3) is 5.91 Å². The first-order chi connectivity index (χ1) is 15.8. The second-order valence-electron chi connectivity index (χ2n) is 10.3. The lowest BCUT2D eigenvalue weighted by atomic mass is 9.80. The summed E-state index contributed by atoms with van der Waals surface area (Å²) in [6.07, 6.45) is 7.09. The Morgan fingerprint density at radius 2 is 1.79 bits per heavy atom. The van der Waals surface area contributed by atoms with Gasteiger partial charge in [0.15, 0.2) is 6.61 Å². The van der Waals surface area contributed by atoms with Crippen LogP contribution in [0.1, 0.15) is 74.0 Å². The van der Waals surface area contributed by atoms with Crippen LogP contribution in [0.2, 0.25) is 0 Å². The van der Waals surface area contributed by atoms with Crippen molar-refractivity contribution >= 4 is 15.9 Å². The molecule has 0 spiro atoms. The van der Waals surface area contributed by atoms with E-state index in [1.807, 2.05) is 6.07 Å². The van der Waals surface area contributed by atoms with Crippen LogP contribution in [0.25, 0.3) is 0 Å². The predicted octanol–water partition coefficient (Wildman–Crippen LogP) is 3.18. The Kier molecular flexibility index (Phi) is 6.44. The Hall–Kier alpha value is -1.64. The molecule has 0 radical (unpaired) electrons. The molecule has 2 atom stereocenters. The molecule has 8 heteroatoms. The fourth-order valence-corrected chi connectivity index (χ4v) is 7.46. The Balaban J connectivity index is 1.43. The highest BCUT2D eigenvalue weighted by Gasteiger charge is 2.42. The van der Waals surface area contributed by atoms with E-state index in [1.165, 1.54) is 16.7 Å². The largest absolute Gasteiger partial charge is 0.483 e. The summed E-state index contributed by atoms with van der Waals surface area (Å²) in [5.74, 6) is 1.13. The zero-order chi connectivity index (χ0) is 23.2. The van der Waals surface area contributed by atoms with Gasteiger partial charge in [-0.2, -0.15) is 0 Å². The molecule has 1 aromatic rings. The summed E-state index contributed by atoms with van der Waals surface area (Å²) in [7, 11) is -3.35. The summed E-state index contributed by atoms with van der Waals surface area (Å²) in [5, 5.41) is -0.277. The number of hydrogen-bond acceptors (Lipinski definition) is 5. The molecule has 1 unspecified atom stereocenters. The van der Waals surface area contributed by atoms with Gasteiger partial charge >= 0.3 is 0 Å². The van der Waals surface area contributed by atoms with Crippen molar-refractivity contribution in [2.24, 2.45) is 0 Å². The van der Waals surface area contributed by atoms with E-state index in [-0.39, 0.29) is 36.0 Å². The first kappa shape index (κ1) is 23.1. The van der Waals surface area contributed by atoms with Crippen LogP contribution in [0.5, 0.6) is 5.75 Å². The fourth-order valence-electron chi connectivity index (χ4n) is 5.82. The van der Waals surface area contributed by atoms with Gasteiger partial charge in [0.05, 0.1) is 24.0 Å². The maximum absolute atomic E-state index is 13.3. The maximum atomic E-state index is 13.3. The minimum absolute atomic E-state index is 0.0375. The van der Waals surface area contributed by atoms with E-state index < -0.39 is 10.0 Å². The van der Waals surface area contributed by atoms with Crippen molar-refractivity contribution in [2.45, 2.75) is 94.6 Å². The van der Waals surface area contributed by atoms with E-state index >= 15 is 0 Å². The quantitative estimate of drug-likeness (QED) is 0.724. The lowest BCUT2D eigenvalue weighted by molar-refractivity contribution is -0.140. The van der Waals surface area contributed by atoms with Crippen molar-refractivity contribution in [3.05, 3.63) is 28.8 Å². The summed E-state index contributed by atoms with van der Waals surface area (Å²) in [4.78, 5) is 15.1. The number of carbonyl (C=O) groups excluding carboxylic acids is 1. The average Bonchev–Trinajstić information content (AvgIpc) is 3.65. The normalized spacial score (nSPS) is 31.0. The number of sulfonamides is 1. The van der Waals surface area contributed by atoms with Gasteiger partial charge in [-0.1, -0.05) is 6.07 Å². The molecule has 2 saturated carbocycles. The number of nitrogens with one attached hydrogen (secondary N) is 1. The number of hydrogen-bond donors (Lipinski definition) is 1. The Bertz CT molecular complexity index is 998. The van der Waals surface area contributed by atoms with Crippen LogP contribution in [-0.2, 0) is 19.6 Å². The van der Waals surface area contributed by atoms with Gasteiger partial charge in [-0.3, -0.25) is 4.79 Å². The summed E-state index contributed by atoms with van der Waals surface area (Å²) in [5.41, 5.74) is 3.74. The van der Waals surface area contributed by atoms with E-state index in [0.717, 1.165) is 57.1 Å². The number of amides is 1.